The van der Waals surface area contributed by atoms with Crippen LogP contribution in [0.1, 0.15) is 36.2 Å². The van der Waals surface area contributed by atoms with E-state index in [1.807, 2.05) is 11.6 Å². The molecule has 208 valence electrons. The molecule has 3 aromatic heterocycles. The van der Waals surface area contributed by atoms with Crippen LogP contribution in [0.15, 0.2) is 23.8 Å². The molecule has 3 amide bonds. The number of methoxy groups -OCH3 is 2. The van der Waals surface area contributed by atoms with Crippen LogP contribution in [0.4, 0.5) is 15.4 Å². The van der Waals surface area contributed by atoms with Gasteiger partial charge in [-0.2, -0.15) is 5.10 Å². The van der Waals surface area contributed by atoms with Gasteiger partial charge in [-0.3, -0.25) is 4.79 Å². The van der Waals surface area contributed by atoms with E-state index in [1.54, 1.807) is 26.6 Å². The highest BCUT2D eigenvalue weighted by molar-refractivity contribution is 7.16. The Hall–Kier alpha value is -3.94. The molecular weight excluding hydrogens is 524 g/mol. The monoisotopic (exact) mass is 556 g/mol. The Morgan fingerprint density at radius 3 is 2.49 bits per heavy atom. The Morgan fingerprint density at radius 1 is 1.03 bits per heavy atom. The van der Waals surface area contributed by atoms with Gasteiger partial charge in [-0.1, -0.05) is 0 Å². The van der Waals surface area contributed by atoms with Crippen molar-refractivity contribution in [3.63, 3.8) is 0 Å². The third-order valence-corrected chi connectivity index (χ3v) is 8.11. The van der Waals surface area contributed by atoms with Crippen molar-refractivity contribution in [2.75, 3.05) is 52.3 Å². The molecule has 2 fully saturated rings. The number of ether oxygens (including phenoxy) is 2. The minimum absolute atomic E-state index is 0.0372. The summed E-state index contributed by atoms with van der Waals surface area (Å²) in [5, 5.41) is 12.5. The van der Waals surface area contributed by atoms with Gasteiger partial charge in [0.25, 0.3) is 5.91 Å². The Balaban J connectivity index is 1.31. The first-order valence-corrected chi connectivity index (χ1v) is 13.8. The Morgan fingerprint density at radius 2 is 1.77 bits per heavy atom. The predicted octanol–water partition coefficient (Wildman–Crippen LogP) is 2.70. The predicted molar refractivity (Wildman–Crippen MR) is 144 cm³/mol. The highest BCUT2D eigenvalue weighted by Crippen LogP contribution is 2.27. The number of rotatable bonds is 6. The highest BCUT2D eigenvalue weighted by Gasteiger charge is 2.27. The summed E-state index contributed by atoms with van der Waals surface area (Å²) < 4.78 is 11.3. The number of nitrogens with one attached hydrogen (secondary N) is 2. The van der Waals surface area contributed by atoms with Crippen LogP contribution < -0.4 is 10.6 Å². The second-order valence-corrected chi connectivity index (χ2v) is 10.6. The fourth-order valence-corrected chi connectivity index (χ4v) is 5.75. The van der Waals surface area contributed by atoms with Gasteiger partial charge in [-0.05, 0) is 31.6 Å². The number of hydrogen-bond donors (Lipinski definition) is 2. The molecule has 0 bridgehead atoms. The van der Waals surface area contributed by atoms with Crippen molar-refractivity contribution in [3.8, 4) is 11.4 Å². The average Bonchev–Trinajstić information content (AvgIpc) is 3.60. The number of hydrogen-bond acceptors (Lipinski definition) is 10. The lowest BCUT2D eigenvalue weighted by molar-refractivity contribution is 0.0698. The van der Waals surface area contributed by atoms with Crippen LogP contribution in [0.3, 0.4) is 0 Å². The maximum atomic E-state index is 13.5. The number of carbonyl (C=O) groups excluding carboxylic acids is 3. The standard InChI is InChI=1S/C25H32N8O5S/c1-37-24(35)28-17-5-9-31(10-6-17)22(34)19-13-20(26-14-16-3-7-32(8-4-16)25(36)38-2)30-21(29-19)18-15-27-33-11-12-39-23(18)33/h11-13,15-17H,3-10,14H2,1-2H3,(H,28,35)(H,26,29,30). The number of carbonyl (C=O) groups is 3. The van der Waals surface area contributed by atoms with E-state index in [0.717, 1.165) is 23.2 Å². The molecular formula is C25H32N8O5S. The van der Waals surface area contributed by atoms with Gasteiger partial charge in [-0.25, -0.2) is 24.1 Å². The van der Waals surface area contributed by atoms with Gasteiger partial charge in [0.1, 0.15) is 16.3 Å². The third kappa shape index (κ3) is 6.05. The highest BCUT2D eigenvalue weighted by atomic mass is 32.1. The van der Waals surface area contributed by atoms with Crippen LogP contribution in [-0.4, -0.2) is 100 Å². The fraction of sp³-hybridized carbons (Fsp3) is 0.520. The number of likely N-dealkylation sites (tertiary alicyclic amines) is 2. The smallest absolute Gasteiger partial charge is 0.409 e. The van der Waals surface area contributed by atoms with E-state index >= 15 is 0 Å². The molecule has 2 saturated heterocycles. The molecule has 0 atom stereocenters. The molecule has 14 heteroatoms. The molecule has 0 aliphatic carbocycles. The van der Waals surface area contributed by atoms with Crippen molar-refractivity contribution in [1.29, 1.82) is 0 Å². The second-order valence-electron chi connectivity index (χ2n) is 9.66. The van der Waals surface area contributed by atoms with Crippen LogP contribution in [0.5, 0.6) is 0 Å². The first-order chi connectivity index (χ1) is 18.9. The zero-order chi connectivity index (χ0) is 27.4. The lowest BCUT2D eigenvalue weighted by Gasteiger charge is -2.32. The molecule has 0 unspecified atom stereocenters. The van der Waals surface area contributed by atoms with E-state index in [2.05, 4.69) is 25.5 Å². The van der Waals surface area contributed by atoms with Crippen LogP contribution in [0.25, 0.3) is 16.2 Å². The fourth-order valence-electron chi connectivity index (χ4n) is 4.96. The second kappa shape index (κ2) is 11.8. The third-order valence-electron chi connectivity index (χ3n) is 7.23. The molecule has 3 aromatic rings. The molecule has 0 aromatic carbocycles. The summed E-state index contributed by atoms with van der Waals surface area (Å²) in [7, 11) is 2.73. The minimum Gasteiger partial charge on any atom is -0.453 e. The molecule has 0 radical (unpaired) electrons. The normalized spacial score (nSPS) is 16.8. The van der Waals surface area contributed by atoms with E-state index < -0.39 is 6.09 Å². The van der Waals surface area contributed by atoms with Crippen molar-refractivity contribution in [3.05, 3.63) is 29.5 Å². The quantitative estimate of drug-likeness (QED) is 0.468. The number of anilines is 1. The van der Waals surface area contributed by atoms with Crippen molar-refractivity contribution in [1.82, 2.24) is 34.7 Å². The zero-order valence-corrected chi connectivity index (χ0v) is 22.8. The van der Waals surface area contributed by atoms with E-state index in [4.69, 9.17) is 9.72 Å². The zero-order valence-electron chi connectivity index (χ0n) is 22.0. The molecule has 39 heavy (non-hydrogen) atoms. The summed E-state index contributed by atoms with van der Waals surface area (Å²) in [5.41, 5.74) is 1.06. The van der Waals surface area contributed by atoms with Gasteiger partial charge in [0.05, 0.1) is 26.0 Å². The molecule has 0 saturated carbocycles. The average molecular weight is 557 g/mol. The molecule has 5 rings (SSSR count). The summed E-state index contributed by atoms with van der Waals surface area (Å²) in [6, 6.07) is 1.66. The van der Waals surface area contributed by atoms with Crippen LogP contribution in [0, 0.1) is 5.92 Å². The number of alkyl carbamates (subject to hydrolysis) is 1. The van der Waals surface area contributed by atoms with E-state index in [0.29, 0.717) is 68.8 Å². The SMILES string of the molecule is COC(=O)NC1CCN(C(=O)c2cc(NCC3CCN(C(=O)OC)CC3)nc(-c3cnn4ccsc34)n2)CC1. The molecule has 5 heterocycles. The van der Waals surface area contributed by atoms with Crippen LogP contribution in [0.2, 0.25) is 0 Å². The van der Waals surface area contributed by atoms with E-state index in [1.165, 1.54) is 25.6 Å². The van der Waals surface area contributed by atoms with E-state index in [9.17, 15) is 14.4 Å². The first-order valence-electron chi connectivity index (χ1n) is 13.0. The summed E-state index contributed by atoms with van der Waals surface area (Å²) in [6.45, 7) is 2.94. The Bertz CT molecular complexity index is 1330. The topological polar surface area (TPSA) is 143 Å². The maximum Gasteiger partial charge on any atom is 0.409 e. The van der Waals surface area contributed by atoms with Crippen molar-refractivity contribution >= 4 is 40.1 Å². The van der Waals surface area contributed by atoms with Crippen LogP contribution in [-0.2, 0) is 9.47 Å². The van der Waals surface area contributed by atoms with Gasteiger partial charge >= 0.3 is 12.2 Å². The molecule has 2 N–H and O–H groups in total. The lowest BCUT2D eigenvalue weighted by atomic mass is 9.97. The number of thiazole rings is 1. The molecule has 2 aliphatic heterocycles. The Labute approximate surface area is 229 Å². The van der Waals surface area contributed by atoms with Gasteiger partial charge < -0.3 is 29.9 Å². The summed E-state index contributed by atoms with van der Waals surface area (Å²) in [4.78, 5) is 50.6. The Kier molecular flexibility index (Phi) is 8.10. The summed E-state index contributed by atoms with van der Waals surface area (Å²) in [6.07, 6.45) is 5.78. The number of aromatic nitrogens is 4. The van der Waals surface area contributed by atoms with Gasteiger partial charge in [0.15, 0.2) is 5.82 Å². The number of amides is 3. The number of piperidine rings is 2. The van der Waals surface area contributed by atoms with Crippen molar-refractivity contribution in [2.24, 2.45) is 5.92 Å². The number of fused-ring (bicyclic) bond motifs is 1. The van der Waals surface area contributed by atoms with Crippen molar-refractivity contribution in [2.45, 2.75) is 31.7 Å². The lowest BCUT2D eigenvalue weighted by Crippen LogP contribution is -2.46. The largest absolute Gasteiger partial charge is 0.453 e. The van der Waals surface area contributed by atoms with Crippen molar-refractivity contribution < 1.29 is 23.9 Å². The van der Waals surface area contributed by atoms with Gasteiger partial charge in [0.2, 0.25) is 0 Å². The first kappa shape index (κ1) is 26.7. The minimum atomic E-state index is -0.465. The maximum absolute atomic E-state index is 13.5. The summed E-state index contributed by atoms with van der Waals surface area (Å²) in [5.74, 6) is 1.17. The molecule has 2 aliphatic rings. The summed E-state index contributed by atoms with van der Waals surface area (Å²) >= 11 is 1.53. The van der Waals surface area contributed by atoms with E-state index in [-0.39, 0.29) is 18.0 Å². The molecule has 0 spiro atoms. The van der Waals surface area contributed by atoms with Gasteiger partial charge in [0, 0.05) is 56.4 Å². The number of nitrogens with zero attached hydrogens (tertiary/aromatic N) is 6. The van der Waals surface area contributed by atoms with Crippen LogP contribution >= 0.6 is 11.3 Å². The molecule has 13 nitrogen and oxygen atoms in total. The van der Waals surface area contributed by atoms with Gasteiger partial charge in [-0.15, -0.1) is 11.3 Å².